The Bertz CT molecular complexity index is 1060. The fraction of sp³-hybridized carbons (Fsp3) is 0.333. The van der Waals surface area contributed by atoms with Gasteiger partial charge in [-0.05, 0) is 37.1 Å². The zero-order valence-electron chi connectivity index (χ0n) is 18.4. The van der Waals surface area contributed by atoms with Crippen molar-refractivity contribution in [1.82, 2.24) is 10.3 Å². The highest BCUT2D eigenvalue weighted by Crippen LogP contribution is 2.26. The molecule has 0 fully saturated rings. The summed E-state index contributed by atoms with van der Waals surface area (Å²) in [6, 6.07) is 14.2. The number of esters is 1. The van der Waals surface area contributed by atoms with Crippen molar-refractivity contribution in [2.24, 2.45) is 5.10 Å². The number of hydrazone groups is 1. The lowest BCUT2D eigenvalue weighted by Gasteiger charge is -2.19. The molecular weight excluding hydrogens is 465 g/mol. The number of ether oxygens (including phenoxy) is 1. The van der Waals surface area contributed by atoms with E-state index in [1.54, 1.807) is 25.1 Å². The van der Waals surface area contributed by atoms with Gasteiger partial charge in [-0.15, -0.1) is 0 Å². The Kier molecular flexibility index (Phi) is 8.47. The van der Waals surface area contributed by atoms with Gasteiger partial charge in [-0.1, -0.05) is 59.6 Å². The third kappa shape index (κ3) is 6.79. The molecule has 9 heteroatoms. The van der Waals surface area contributed by atoms with Gasteiger partial charge in [0.15, 0.2) is 6.10 Å². The molecule has 0 aromatic heterocycles. The van der Waals surface area contributed by atoms with Crippen molar-refractivity contribution in [2.45, 2.75) is 45.3 Å². The summed E-state index contributed by atoms with van der Waals surface area (Å²) in [5.74, 6) is -1.36. The van der Waals surface area contributed by atoms with E-state index in [-0.39, 0.29) is 18.7 Å². The second kappa shape index (κ2) is 11.3. The highest BCUT2D eigenvalue weighted by Gasteiger charge is 2.24. The van der Waals surface area contributed by atoms with Gasteiger partial charge in [-0.25, -0.2) is 5.01 Å². The van der Waals surface area contributed by atoms with Crippen molar-refractivity contribution in [1.29, 1.82) is 0 Å². The fourth-order valence-electron chi connectivity index (χ4n) is 3.38. The number of amides is 2. The summed E-state index contributed by atoms with van der Waals surface area (Å²) in [5.41, 5.74) is 2.51. The number of nitrogens with one attached hydrogen (secondary N) is 1. The predicted octanol–water partition coefficient (Wildman–Crippen LogP) is 4.52. The Morgan fingerprint density at radius 3 is 2.52 bits per heavy atom. The fourth-order valence-corrected chi connectivity index (χ4v) is 3.95. The second-order valence-electron chi connectivity index (χ2n) is 7.71. The van der Waals surface area contributed by atoms with E-state index in [9.17, 15) is 14.4 Å². The Morgan fingerprint density at radius 2 is 1.82 bits per heavy atom. The highest BCUT2D eigenvalue weighted by atomic mass is 35.5. The van der Waals surface area contributed by atoms with E-state index in [4.69, 9.17) is 27.9 Å². The summed E-state index contributed by atoms with van der Waals surface area (Å²) in [6.45, 7) is 3.71. The summed E-state index contributed by atoms with van der Waals surface area (Å²) in [4.78, 5) is 37.0. The average molecular weight is 490 g/mol. The van der Waals surface area contributed by atoms with Crippen LogP contribution in [-0.4, -0.2) is 41.2 Å². The van der Waals surface area contributed by atoms with E-state index in [0.29, 0.717) is 28.6 Å². The van der Waals surface area contributed by atoms with Gasteiger partial charge in [-0.3, -0.25) is 14.4 Å². The van der Waals surface area contributed by atoms with Crippen molar-refractivity contribution in [3.05, 3.63) is 69.7 Å². The number of hydrogen-bond acceptors (Lipinski definition) is 5. The molecule has 0 spiro atoms. The lowest BCUT2D eigenvalue weighted by Crippen LogP contribution is -2.37. The minimum absolute atomic E-state index is 0.0461. The quantitative estimate of drug-likeness (QED) is 0.552. The molecule has 0 saturated carbocycles. The molecule has 0 bridgehead atoms. The summed E-state index contributed by atoms with van der Waals surface area (Å²) in [5, 5.41) is 9.42. The molecule has 2 unspecified atom stereocenters. The van der Waals surface area contributed by atoms with Crippen LogP contribution in [0.25, 0.3) is 0 Å². The molecule has 7 nitrogen and oxygen atoms in total. The number of carbonyl (C=O) groups is 3. The summed E-state index contributed by atoms with van der Waals surface area (Å²) < 4.78 is 5.19. The van der Waals surface area contributed by atoms with Crippen molar-refractivity contribution in [2.75, 3.05) is 6.54 Å². The predicted molar refractivity (Wildman–Crippen MR) is 127 cm³/mol. The van der Waals surface area contributed by atoms with E-state index >= 15 is 0 Å². The molecule has 1 aliphatic heterocycles. The third-order valence-electron chi connectivity index (χ3n) is 5.20. The van der Waals surface area contributed by atoms with Gasteiger partial charge in [0.05, 0.1) is 24.7 Å². The van der Waals surface area contributed by atoms with Crippen LogP contribution in [-0.2, 0) is 19.1 Å². The molecule has 2 aromatic rings. The maximum atomic E-state index is 12.4. The monoisotopic (exact) mass is 489 g/mol. The zero-order valence-corrected chi connectivity index (χ0v) is 19.9. The second-order valence-corrected chi connectivity index (χ2v) is 8.55. The maximum absolute atomic E-state index is 12.4. The summed E-state index contributed by atoms with van der Waals surface area (Å²) >= 11 is 12.1. The molecular formula is C24H25Cl2N3O4. The number of carbonyl (C=O) groups excluding carboxylic acids is 3. The lowest BCUT2D eigenvalue weighted by atomic mass is 10.1. The first-order chi connectivity index (χ1) is 15.7. The van der Waals surface area contributed by atoms with Gasteiger partial charge in [0, 0.05) is 22.9 Å². The SMILES string of the molecule is CC(OC(=O)CCC(=O)N1CCC(c2ccccc2)=N1)C(=O)NC(C)c1ccc(Cl)cc1Cl. The number of halogens is 2. The lowest BCUT2D eigenvalue weighted by molar-refractivity contribution is -0.156. The van der Waals surface area contributed by atoms with Gasteiger partial charge in [-0.2, -0.15) is 5.10 Å². The van der Waals surface area contributed by atoms with Gasteiger partial charge in [0.2, 0.25) is 5.91 Å². The normalized spacial score (nSPS) is 14.9. The van der Waals surface area contributed by atoms with Gasteiger partial charge < -0.3 is 10.1 Å². The van der Waals surface area contributed by atoms with Crippen LogP contribution >= 0.6 is 23.2 Å². The smallest absolute Gasteiger partial charge is 0.307 e. The van der Waals surface area contributed by atoms with E-state index in [1.165, 1.54) is 11.9 Å². The third-order valence-corrected chi connectivity index (χ3v) is 5.77. The Morgan fingerprint density at radius 1 is 1.09 bits per heavy atom. The first kappa shape index (κ1) is 24.7. The van der Waals surface area contributed by atoms with Crippen molar-refractivity contribution < 1.29 is 19.1 Å². The molecule has 2 amide bonds. The van der Waals surface area contributed by atoms with E-state index < -0.39 is 24.0 Å². The molecule has 33 heavy (non-hydrogen) atoms. The first-order valence-corrected chi connectivity index (χ1v) is 11.4. The molecule has 2 aromatic carbocycles. The van der Waals surface area contributed by atoms with E-state index in [1.807, 2.05) is 30.3 Å². The van der Waals surface area contributed by atoms with Crippen molar-refractivity contribution >= 4 is 46.7 Å². The number of nitrogens with zero attached hydrogens (tertiary/aromatic N) is 2. The Labute approximate surface area is 202 Å². The van der Waals surface area contributed by atoms with Crippen LogP contribution in [0.2, 0.25) is 10.0 Å². The largest absolute Gasteiger partial charge is 0.453 e. The molecule has 1 aliphatic rings. The van der Waals surface area contributed by atoms with Gasteiger partial charge in [0.25, 0.3) is 5.91 Å². The molecule has 0 radical (unpaired) electrons. The van der Waals surface area contributed by atoms with E-state index in [0.717, 1.165) is 11.3 Å². The maximum Gasteiger partial charge on any atom is 0.307 e. The summed E-state index contributed by atoms with van der Waals surface area (Å²) in [6.07, 6.45) is -0.541. The summed E-state index contributed by atoms with van der Waals surface area (Å²) in [7, 11) is 0. The molecule has 1 N–H and O–H groups in total. The van der Waals surface area contributed by atoms with Crippen LogP contribution < -0.4 is 5.32 Å². The zero-order chi connectivity index (χ0) is 24.0. The average Bonchev–Trinajstić information content (AvgIpc) is 3.28. The van der Waals surface area contributed by atoms with Crippen molar-refractivity contribution in [3.8, 4) is 0 Å². The molecule has 2 atom stereocenters. The van der Waals surface area contributed by atoms with Crippen LogP contribution in [0.15, 0.2) is 53.6 Å². The van der Waals surface area contributed by atoms with Crippen LogP contribution in [0.5, 0.6) is 0 Å². The number of benzene rings is 2. The van der Waals surface area contributed by atoms with Gasteiger partial charge >= 0.3 is 5.97 Å². The van der Waals surface area contributed by atoms with E-state index in [2.05, 4.69) is 10.4 Å². The van der Waals surface area contributed by atoms with Crippen LogP contribution in [0, 0.1) is 0 Å². The van der Waals surface area contributed by atoms with Crippen LogP contribution in [0.1, 0.15) is 50.3 Å². The standard InChI is InChI=1S/C24H25Cl2N3O4/c1-15(19-9-8-18(25)14-20(19)26)27-24(32)16(2)33-23(31)11-10-22(30)29-13-12-21(28-29)17-6-4-3-5-7-17/h3-9,14-16H,10-13H2,1-2H3,(H,27,32). The highest BCUT2D eigenvalue weighted by molar-refractivity contribution is 6.35. The first-order valence-electron chi connectivity index (χ1n) is 10.6. The molecule has 0 saturated heterocycles. The molecule has 3 rings (SSSR count). The van der Waals surface area contributed by atoms with Gasteiger partial charge in [0.1, 0.15) is 0 Å². The number of hydrogen-bond donors (Lipinski definition) is 1. The molecule has 174 valence electrons. The Balaban J connectivity index is 1.45. The minimum atomic E-state index is -1.02. The van der Waals surface area contributed by atoms with Crippen LogP contribution in [0.3, 0.4) is 0 Å². The Hall–Kier alpha value is -2.90. The van der Waals surface area contributed by atoms with Crippen molar-refractivity contribution in [3.63, 3.8) is 0 Å². The number of rotatable bonds is 8. The molecule has 0 aliphatic carbocycles. The topological polar surface area (TPSA) is 88.1 Å². The molecule has 1 heterocycles. The van der Waals surface area contributed by atoms with Crippen LogP contribution in [0.4, 0.5) is 0 Å². The minimum Gasteiger partial charge on any atom is -0.453 e.